The van der Waals surface area contributed by atoms with E-state index < -0.39 is 0 Å². The van der Waals surface area contributed by atoms with Gasteiger partial charge in [0, 0.05) is 32.0 Å². The van der Waals surface area contributed by atoms with Gasteiger partial charge in [-0.2, -0.15) is 4.98 Å². The lowest BCUT2D eigenvalue weighted by molar-refractivity contribution is -0.121. The molecule has 0 radical (unpaired) electrons. The predicted octanol–water partition coefficient (Wildman–Crippen LogP) is -0.130. The van der Waals surface area contributed by atoms with E-state index >= 15 is 0 Å². The van der Waals surface area contributed by atoms with Crippen molar-refractivity contribution in [2.45, 2.75) is 31.7 Å². The first kappa shape index (κ1) is 11.1. The number of carbonyl (C=O) groups is 1. The Bertz CT molecular complexity index is 322. The van der Waals surface area contributed by atoms with Crippen LogP contribution < -0.4 is 10.6 Å². The highest BCUT2D eigenvalue weighted by atomic mass is 16.5. The van der Waals surface area contributed by atoms with Gasteiger partial charge in [-0.25, -0.2) is 0 Å². The quantitative estimate of drug-likeness (QED) is 0.631. The van der Waals surface area contributed by atoms with Gasteiger partial charge in [-0.05, 0) is 12.8 Å². The minimum atomic E-state index is 0.134. The van der Waals surface area contributed by atoms with E-state index in [1.807, 2.05) is 0 Å². The largest absolute Gasteiger partial charge is 0.353 e. The number of carbonyl (C=O) groups excluding carboxylic acids is 1. The lowest BCUT2D eigenvalue weighted by Gasteiger charge is -2.04. The molecule has 1 heterocycles. The van der Waals surface area contributed by atoms with Crippen molar-refractivity contribution < 1.29 is 9.32 Å². The fourth-order valence-electron chi connectivity index (χ4n) is 1.36. The van der Waals surface area contributed by atoms with Crippen LogP contribution in [-0.4, -0.2) is 35.2 Å². The number of hydrogen-bond donors (Lipinski definition) is 2. The third-order valence-corrected chi connectivity index (χ3v) is 2.40. The Balaban J connectivity index is 1.46. The highest BCUT2D eigenvalue weighted by molar-refractivity contribution is 5.76. The van der Waals surface area contributed by atoms with Crippen LogP contribution in [-0.2, 0) is 11.2 Å². The maximum atomic E-state index is 11.3. The second kappa shape index (κ2) is 5.60. The van der Waals surface area contributed by atoms with Crippen LogP contribution in [0.5, 0.6) is 0 Å². The molecule has 1 amide bonds. The first-order chi connectivity index (χ1) is 7.84. The van der Waals surface area contributed by atoms with Crippen LogP contribution in [0, 0.1) is 0 Å². The minimum Gasteiger partial charge on any atom is -0.353 e. The molecule has 0 aromatic carbocycles. The van der Waals surface area contributed by atoms with Gasteiger partial charge >= 0.3 is 0 Å². The van der Waals surface area contributed by atoms with Crippen molar-refractivity contribution in [2.75, 3.05) is 13.1 Å². The Morgan fingerprint density at radius 3 is 3.06 bits per heavy atom. The standard InChI is InChI=1S/C10H16N4O2/c15-10(13-8-1-2-8)4-6-11-5-3-9-12-7-16-14-9/h7-8,11H,1-6H2,(H,13,15). The van der Waals surface area contributed by atoms with Crippen molar-refractivity contribution in [3.8, 4) is 0 Å². The Labute approximate surface area is 93.8 Å². The summed E-state index contributed by atoms with van der Waals surface area (Å²) in [5.74, 6) is 0.824. The molecule has 1 aromatic rings. The van der Waals surface area contributed by atoms with Gasteiger partial charge in [-0.3, -0.25) is 4.79 Å². The Kier molecular flexibility index (Phi) is 3.87. The Morgan fingerprint density at radius 1 is 1.50 bits per heavy atom. The van der Waals surface area contributed by atoms with Gasteiger partial charge in [-0.15, -0.1) is 0 Å². The summed E-state index contributed by atoms with van der Waals surface area (Å²) >= 11 is 0. The molecule has 0 unspecified atom stereocenters. The van der Waals surface area contributed by atoms with Gasteiger partial charge in [0.2, 0.25) is 12.3 Å². The molecule has 6 heteroatoms. The van der Waals surface area contributed by atoms with Crippen molar-refractivity contribution in [3.05, 3.63) is 12.2 Å². The van der Waals surface area contributed by atoms with Gasteiger partial charge in [0.05, 0.1) is 0 Å². The summed E-state index contributed by atoms with van der Waals surface area (Å²) in [5.41, 5.74) is 0. The molecule has 0 spiro atoms. The monoisotopic (exact) mass is 224 g/mol. The van der Waals surface area contributed by atoms with Crippen LogP contribution in [0.15, 0.2) is 10.9 Å². The van der Waals surface area contributed by atoms with E-state index in [4.69, 9.17) is 0 Å². The third-order valence-electron chi connectivity index (χ3n) is 2.40. The predicted molar refractivity (Wildman–Crippen MR) is 56.7 cm³/mol. The van der Waals surface area contributed by atoms with Crippen LogP contribution >= 0.6 is 0 Å². The fourth-order valence-corrected chi connectivity index (χ4v) is 1.36. The van der Waals surface area contributed by atoms with Gasteiger partial charge in [-0.1, -0.05) is 5.16 Å². The molecule has 0 bridgehead atoms. The second-order valence-electron chi connectivity index (χ2n) is 3.94. The summed E-state index contributed by atoms with van der Waals surface area (Å²) in [6.07, 6.45) is 4.84. The average Bonchev–Trinajstić information content (AvgIpc) is 2.93. The van der Waals surface area contributed by atoms with E-state index in [1.165, 1.54) is 6.39 Å². The fraction of sp³-hybridized carbons (Fsp3) is 0.700. The Hall–Kier alpha value is -1.43. The van der Waals surface area contributed by atoms with Crippen LogP contribution in [0.1, 0.15) is 25.1 Å². The second-order valence-corrected chi connectivity index (χ2v) is 3.94. The van der Waals surface area contributed by atoms with Crippen molar-refractivity contribution in [1.82, 2.24) is 20.8 Å². The molecule has 2 N–H and O–H groups in total. The number of aromatic nitrogens is 2. The third kappa shape index (κ3) is 3.98. The number of nitrogens with one attached hydrogen (secondary N) is 2. The van der Waals surface area contributed by atoms with E-state index in [0.29, 0.717) is 24.8 Å². The van der Waals surface area contributed by atoms with E-state index in [9.17, 15) is 4.79 Å². The molecule has 2 rings (SSSR count). The van der Waals surface area contributed by atoms with Crippen molar-refractivity contribution in [2.24, 2.45) is 0 Å². The smallest absolute Gasteiger partial charge is 0.221 e. The van der Waals surface area contributed by atoms with E-state index in [0.717, 1.165) is 25.8 Å². The zero-order chi connectivity index (χ0) is 11.2. The van der Waals surface area contributed by atoms with Crippen molar-refractivity contribution >= 4 is 5.91 Å². The molecule has 0 saturated heterocycles. The molecule has 0 atom stereocenters. The average molecular weight is 224 g/mol. The maximum Gasteiger partial charge on any atom is 0.221 e. The molecular weight excluding hydrogens is 208 g/mol. The lowest BCUT2D eigenvalue weighted by atomic mass is 10.3. The summed E-state index contributed by atoms with van der Waals surface area (Å²) in [6, 6.07) is 0.451. The van der Waals surface area contributed by atoms with Gasteiger partial charge in [0.15, 0.2) is 5.82 Å². The van der Waals surface area contributed by atoms with Crippen LogP contribution in [0.3, 0.4) is 0 Å². The van der Waals surface area contributed by atoms with Crippen LogP contribution in [0.4, 0.5) is 0 Å². The molecule has 1 aromatic heterocycles. The minimum absolute atomic E-state index is 0.134. The molecule has 88 valence electrons. The normalized spacial score (nSPS) is 15.0. The van der Waals surface area contributed by atoms with Gasteiger partial charge < -0.3 is 15.2 Å². The summed E-state index contributed by atoms with van der Waals surface area (Å²) in [4.78, 5) is 15.2. The zero-order valence-electron chi connectivity index (χ0n) is 9.11. The SMILES string of the molecule is O=C(CCNCCc1ncon1)NC1CC1. The van der Waals surface area contributed by atoms with Gasteiger partial charge in [0.1, 0.15) is 0 Å². The first-order valence-corrected chi connectivity index (χ1v) is 5.60. The van der Waals surface area contributed by atoms with Gasteiger partial charge in [0.25, 0.3) is 0 Å². The molecule has 6 nitrogen and oxygen atoms in total. The highest BCUT2D eigenvalue weighted by Crippen LogP contribution is 2.18. The molecule has 1 aliphatic rings. The highest BCUT2D eigenvalue weighted by Gasteiger charge is 2.22. The topological polar surface area (TPSA) is 80.1 Å². The number of rotatable bonds is 7. The molecular formula is C10H16N4O2. The van der Waals surface area contributed by atoms with E-state index in [1.54, 1.807) is 0 Å². The number of nitrogens with zero attached hydrogens (tertiary/aromatic N) is 2. The molecule has 1 fully saturated rings. The number of amides is 1. The Morgan fingerprint density at radius 2 is 2.38 bits per heavy atom. The summed E-state index contributed by atoms with van der Waals surface area (Å²) in [5, 5.41) is 9.80. The number of hydrogen-bond acceptors (Lipinski definition) is 5. The van der Waals surface area contributed by atoms with Crippen molar-refractivity contribution in [1.29, 1.82) is 0 Å². The van der Waals surface area contributed by atoms with E-state index in [-0.39, 0.29) is 5.91 Å². The zero-order valence-corrected chi connectivity index (χ0v) is 9.11. The molecule has 0 aliphatic heterocycles. The summed E-state index contributed by atoms with van der Waals surface area (Å²) in [6.45, 7) is 1.45. The molecule has 1 aliphatic carbocycles. The molecule has 16 heavy (non-hydrogen) atoms. The molecule has 1 saturated carbocycles. The summed E-state index contributed by atoms with van der Waals surface area (Å²) in [7, 11) is 0. The van der Waals surface area contributed by atoms with E-state index in [2.05, 4.69) is 25.3 Å². The van der Waals surface area contributed by atoms with Crippen LogP contribution in [0.2, 0.25) is 0 Å². The lowest BCUT2D eigenvalue weighted by Crippen LogP contribution is -2.29. The van der Waals surface area contributed by atoms with Crippen LogP contribution in [0.25, 0.3) is 0 Å². The first-order valence-electron chi connectivity index (χ1n) is 5.60. The van der Waals surface area contributed by atoms with Crippen molar-refractivity contribution in [3.63, 3.8) is 0 Å². The summed E-state index contributed by atoms with van der Waals surface area (Å²) < 4.78 is 4.61. The maximum absolute atomic E-state index is 11.3.